The summed E-state index contributed by atoms with van der Waals surface area (Å²) >= 11 is 0. The summed E-state index contributed by atoms with van der Waals surface area (Å²) in [4.78, 5) is 39.3. The van der Waals surface area contributed by atoms with E-state index in [4.69, 9.17) is 13.9 Å². The van der Waals surface area contributed by atoms with Crippen LogP contribution in [0.15, 0.2) is 38.3 Å². The number of carbonyl (C=O) groups is 1. The lowest BCUT2D eigenvalue weighted by molar-refractivity contribution is 0.0607. The highest BCUT2D eigenvalue weighted by Gasteiger charge is 2.34. The predicted molar refractivity (Wildman–Crippen MR) is 148 cm³/mol. The number of carbonyl (C=O) groups excluding carboxylic acids is 1. The topological polar surface area (TPSA) is 142 Å². The van der Waals surface area contributed by atoms with E-state index in [9.17, 15) is 9.59 Å². The molecule has 1 aliphatic heterocycles. The van der Waals surface area contributed by atoms with Gasteiger partial charge in [0.15, 0.2) is 5.82 Å². The number of amides is 1. The van der Waals surface area contributed by atoms with Crippen LogP contribution in [-0.2, 0) is 12.0 Å². The minimum atomic E-state index is -0.578. The summed E-state index contributed by atoms with van der Waals surface area (Å²) in [6, 6.07) is 3.58. The van der Waals surface area contributed by atoms with E-state index >= 15 is 0 Å². The van der Waals surface area contributed by atoms with Gasteiger partial charge in [0.1, 0.15) is 23.0 Å². The second kappa shape index (κ2) is 13.3. The highest BCUT2D eigenvalue weighted by Crippen LogP contribution is 2.27. The van der Waals surface area contributed by atoms with Gasteiger partial charge in [-0.05, 0) is 24.5 Å². The smallest absolute Gasteiger partial charge is 0.438 e. The number of piperidine rings is 1. The molecule has 13 heteroatoms. The first-order chi connectivity index (χ1) is 17.1. The Hall–Kier alpha value is -2.89. The number of furan rings is 1. The van der Waals surface area contributed by atoms with Crippen LogP contribution >= 0.6 is 24.8 Å². The number of rotatable bonds is 8. The fourth-order valence-electron chi connectivity index (χ4n) is 4.35. The average molecular weight is 571 g/mol. The summed E-state index contributed by atoms with van der Waals surface area (Å²) < 4.78 is 10.2. The number of anilines is 1. The van der Waals surface area contributed by atoms with Gasteiger partial charge in [0.25, 0.3) is 5.91 Å². The van der Waals surface area contributed by atoms with Crippen LogP contribution in [-0.4, -0.2) is 56.6 Å². The fourth-order valence-corrected chi connectivity index (χ4v) is 4.35. The van der Waals surface area contributed by atoms with Crippen LogP contribution in [0.2, 0.25) is 0 Å². The van der Waals surface area contributed by atoms with Crippen molar-refractivity contribution in [3.8, 4) is 0 Å². The molecule has 1 saturated heterocycles. The molecule has 4 rings (SSSR count). The highest BCUT2D eigenvalue weighted by molar-refractivity contribution is 5.98. The van der Waals surface area contributed by atoms with Crippen molar-refractivity contribution >= 4 is 36.5 Å². The quantitative estimate of drug-likeness (QED) is 0.369. The number of aromatic amines is 1. The van der Waals surface area contributed by atoms with Gasteiger partial charge in [-0.3, -0.25) is 14.3 Å². The van der Waals surface area contributed by atoms with E-state index in [-0.39, 0.29) is 54.0 Å². The first-order valence-corrected chi connectivity index (χ1v) is 12.3. The first kappa shape index (κ1) is 31.3. The maximum atomic E-state index is 14.0. The van der Waals surface area contributed by atoms with E-state index in [1.807, 2.05) is 37.8 Å². The van der Waals surface area contributed by atoms with E-state index < -0.39 is 5.76 Å². The number of nitrogens with one attached hydrogen (secondary N) is 3. The molecule has 0 saturated carbocycles. The number of halogens is 2. The maximum absolute atomic E-state index is 14.0. The van der Waals surface area contributed by atoms with Gasteiger partial charge in [-0.1, -0.05) is 39.8 Å². The van der Waals surface area contributed by atoms with Gasteiger partial charge >= 0.3 is 5.76 Å². The number of hydrogen-bond acceptors (Lipinski definition) is 9. The van der Waals surface area contributed by atoms with Crippen molar-refractivity contribution in [3.05, 3.63) is 58.1 Å². The van der Waals surface area contributed by atoms with Gasteiger partial charge < -0.3 is 20.0 Å². The van der Waals surface area contributed by atoms with Crippen LogP contribution < -0.4 is 16.4 Å². The van der Waals surface area contributed by atoms with Crippen molar-refractivity contribution in [1.82, 2.24) is 30.3 Å². The highest BCUT2D eigenvalue weighted by atomic mass is 35.5. The number of aromatic nitrogens is 4. The Labute approximate surface area is 234 Å². The Morgan fingerprint density at radius 2 is 2.03 bits per heavy atom. The summed E-state index contributed by atoms with van der Waals surface area (Å²) in [5.41, 5.74) is 0.127. The molecular formula is C25H37Cl2N7O4. The summed E-state index contributed by atoms with van der Waals surface area (Å²) in [5, 5.41) is 10.5. The third-order valence-corrected chi connectivity index (χ3v) is 6.13. The van der Waals surface area contributed by atoms with E-state index in [0.29, 0.717) is 55.6 Å². The number of nitrogens with zero attached hydrogens (tertiary/aromatic N) is 4. The van der Waals surface area contributed by atoms with Gasteiger partial charge in [-0.25, -0.2) is 14.8 Å². The van der Waals surface area contributed by atoms with Crippen LogP contribution in [0.1, 0.15) is 74.7 Å². The van der Waals surface area contributed by atoms with E-state index in [0.717, 1.165) is 5.76 Å². The molecule has 0 unspecified atom stereocenters. The summed E-state index contributed by atoms with van der Waals surface area (Å²) in [7, 11) is 0. The average Bonchev–Trinajstić information content (AvgIpc) is 3.52. The van der Waals surface area contributed by atoms with E-state index in [2.05, 4.69) is 39.6 Å². The molecule has 1 fully saturated rings. The van der Waals surface area contributed by atoms with Gasteiger partial charge in [0.2, 0.25) is 0 Å². The second-order valence-electron chi connectivity index (χ2n) is 10.7. The lowest BCUT2D eigenvalue weighted by Crippen LogP contribution is -2.52. The van der Waals surface area contributed by atoms with Crippen molar-refractivity contribution < 1.29 is 13.7 Å². The normalized spacial score (nSPS) is 17.4. The zero-order valence-electron chi connectivity index (χ0n) is 22.3. The van der Waals surface area contributed by atoms with Crippen LogP contribution in [0.5, 0.6) is 0 Å². The van der Waals surface area contributed by atoms with Gasteiger partial charge in [0.05, 0.1) is 12.8 Å². The molecule has 2 atom stereocenters. The fraction of sp³-hybridized carbons (Fsp3) is 0.560. The van der Waals surface area contributed by atoms with Gasteiger partial charge in [0, 0.05) is 43.2 Å². The van der Waals surface area contributed by atoms with Gasteiger partial charge in [-0.2, -0.15) is 0 Å². The third kappa shape index (κ3) is 7.58. The molecule has 0 aliphatic carbocycles. The zero-order valence-corrected chi connectivity index (χ0v) is 23.9. The lowest BCUT2D eigenvalue weighted by atomic mass is 9.93. The molecule has 0 aromatic carbocycles. The van der Waals surface area contributed by atoms with Crippen LogP contribution in [0.3, 0.4) is 0 Å². The second-order valence-corrected chi connectivity index (χ2v) is 10.7. The molecule has 38 heavy (non-hydrogen) atoms. The molecule has 3 N–H and O–H groups in total. The van der Waals surface area contributed by atoms with Crippen LogP contribution in [0.4, 0.5) is 5.82 Å². The predicted octanol–water partition coefficient (Wildman–Crippen LogP) is 3.74. The molecule has 3 aromatic rings. The van der Waals surface area contributed by atoms with E-state index in [1.54, 1.807) is 12.5 Å². The van der Waals surface area contributed by atoms with Crippen molar-refractivity contribution in [2.24, 2.45) is 5.92 Å². The van der Waals surface area contributed by atoms with Crippen molar-refractivity contribution in [3.63, 3.8) is 0 Å². The molecule has 1 amide bonds. The summed E-state index contributed by atoms with van der Waals surface area (Å²) in [6.07, 6.45) is 3.88. The Morgan fingerprint density at radius 3 is 2.63 bits per heavy atom. The largest absolute Gasteiger partial charge is 0.467 e. The summed E-state index contributed by atoms with van der Waals surface area (Å²) in [6.45, 7) is 12.5. The van der Waals surface area contributed by atoms with Gasteiger partial charge in [-0.15, -0.1) is 24.8 Å². The van der Waals surface area contributed by atoms with Crippen LogP contribution in [0.25, 0.3) is 0 Å². The standard InChI is InChI=1S/C25H35N7O4.2ClH/c1-15(2)14-32(17-9-16(10-26-11-17)20-30-24(34)36-31-20)22(33)19-13-28-23(25(3,4)5)29-21(19)27-12-18-7-6-8-35-18;;/h6-8,13,15-17,26H,9-12,14H2,1-5H3,(H,27,28,29)(H,30,31,34);2*1H/t16-,17+;;/m1../s1. The van der Waals surface area contributed by atoms with E-state index in [1.165, 1.54) is 0 Å². The Kier molecular flexibility index (Phi) is 10.9. The Balaban J connectivity index is 0.00000253. The summed E-state index contributed by atoms with van der Waals surface area (Å²) in [5.74, 6) is 1.80. The first-order valence-electron chi connectivity index (χ1n) is 12.3. The molecule has 0 bridgehead atoms. The SMILES string of the molecule is CC(C)CN(C(=O)c1cnc(C(C)(C)C)nc1NCc1ccco1)[C@@H]1CNC[C@H](c2noc(=O)[nH]2)C1.Cl.Cl. The zero-order chi connectivity index (χ0) is 25.9. The maximum Gasteiger partial charge on any atom is 0.438 e. The molecule has 3 aromatic heterocycles. The number of H-pyrrole nitrogens is 1. The molecule has 11 nitrogen and oxygen atoms in total. The van der Waals surface area contributed by atoms with Crippen LogP contribution in [0, 0.1) is 5.92 Å². The molecule has 1 aliphatic rings. The molecule has 210 valence electrons. The van der Waals surface area contributed by atoms with Crippen molar-refractivity contribution in [1.29, 1.82) is 0 Å². The minimum absolute atomic E-state index is 0. The van der Waals surface area contributed by atoms with Crippen molar-refractivity contribution in [2.45, 2.75) is 65.0 Å². The molecule has 4 heterocycles. The van der Waals surface area contributed by atoms with Crippen molar-refractivity contribution in [2.75, 3.05) is 25.0 Å². The third-order valence-electron chi connectivity index (χ3n) is 6.13. The minimum Gasteiger partial charge on any atom is -0.467 e. The monoisotopic (exact) mass is 569 g/mol. The lowest BCUT2D eigenvalue weighted by Gasteiger charge is -2.38. The number of hydrogen-bond donors (Lipinski definition) is 3. The molecular weight excluding hydrogens is 533 g/mol. The molecule has 0 radical (unpaired) electrons. The molecule has 0 spiro atoms. The Morgan fingerprint density at radius 1 is 1.26 bits per heavy atom. The Bertz CT molecular complexity index is 1220.